The smallest absolute Gasteiger partial charge is 0.416 e. The SMILES string of the molecule is Cc1cc(F)ccc1Oc1cc(C2CC2)c(C(F)(F)F)cc1C(=O)Nc1ccc(F)c(C(N)CCF)c1. The van der Waals surface area contributed by atoms with E-state index in [0.717, 1.165) is 18.2 Å². The Morgan fingerprint density at radius 1 is 1.08 bits per heavy atom. The highest BCUT2D eigenvalue weighted by Gasteiger charge is 2.40. The van der Waals surface area contributed by atoms with Gasteiger partial charge in [-0.15, -0.1) is 0 Å². The molecule has 0 bridgehead atoms. The van der Waals surface area contributed by atoms with Crippen molar-refractivity contribution in [2.45, 2.75) is 44.3 Å². The largest absolute Gasteiger partial charge is 0.456 e. The number of hydrogen-bond acceptors (Lipinski definition) is 3. The molecule has 1 saturated carbocycles. The van der Waals surface area contributed by atoms with Crippen LogP contribution in [-0.2, 0) is 6.18 Å². The zero-order valence-corrected chi connectivity index (χ0v) is 19.8. The molecule has 1 aliphatic rings. The molecule has 1 amide bonds. The molecule has 37 heavy (non-hydrogen) atoms. The van der Waals surface area contributed by atoms with Crippen LogP contribution in [0.3, 0.4) is 0 Å². The number of carbonyl (C=O) groups excluding carboxylic acids is 1. The van der Waals surface area contributed by atoms with Gasteiger partial charge in [0.2, 0.25) is 0 Å². The fraction of sp³-hybridized carbons (Fsp3) is 0.296. The van der Waals surface area contributed by atoms with Crippen LogP contribution in [0.2, 0.25) is 0 Å². The van der Waals surface area contributed by atoms with E-state index in [-0.39, 0.29) is 40.7 Å². The van der Waals surface area contributed by atoms with E-state index >= 15 is 0 Å². The van der Waals surface area contributed by atoms with E-state index in [1.165, 1.54) is 30.3 Å². The first kappa shape index (κ1) is 26.5. The van der Waals surface area contributed by atoms with Crippen molar-refractivity contribution in [2.75, 3.05) is 12.0 Å². The van der Waals surface area contributed by atoms with E-state index in [4.69, 9.17) is 10.5 Å². The molecule has 4 nitrogen and oxygen atoms in total. The van der Waals surface area contributed by atoms with Crippen molar-refractivity contribution in [2.24, 2.45) is 5.73 Å². The minimum absolute atomic E-state index is 0.0140. The van der Waals surface area contributed by atoms with Gasteiger partial charge in [0, 0.05) is 17.3 Å². The van der Waals surface area contributed by atoms with E-state index in [1.807, 2.05) is 0 Å². The Morgan fingerprint density at radius 3 is 2.43 bits per heavy atom. The van der Waals surface area contributed by atoms with Crippen LogP contribution in [-0.4, -0.2) is 12.6 Å². The van der Waals surface area contributed by atoms with E-state index in [9.17, 15) is 31.1 Å². The maximum atomic E-state index is 14.2. The van der Waals surface area contributed by atoms with Gasteiger partial charge in [0.05, 0.1) is 17.8 Å². The van der Waals surface area contributed by atoms with Crippen molar-refractivity contribution in [3.05, 3.63) is 88.0 Å². The van der Waals surface area contributed by atoms with Gasteiger partial charge in [0.1, 0.15) is 23.1 Å². The number of anilines is 1. The summed E-state index contributed by atoms with van der Waals surface area (Å²) in [6.45, 7) is 0.777. The number of ether oxygens (including phenoxy) is 1. The lowest BCUT2D eigenvalue weighted by atomic mass is 9.98. The number of aryl methyl sites for hydroxylation is 1. The Kier molecular flexibility index (Phi) is 7.49. The molecular weight excluding hydrogens is 498 g/mol. The summed E-state index contributed by atoms with van der Waals surface area (Å²) in [5.74, 6) is -2.46. The van der Waals surface area contributed by atoms with Crippen LogP contribution >= 0.6 is 0 Å². The maximum absolute atomic E-state index is 14.2. The van der Waals surface area contributed by atoms with Crippen molar-refractivity contribution in [3.8, 4) is 11.5 Å². The number of benzene rings is 3. The molecule has 10 heteroatoms. The van der Waals surface area contributed by atoms with Gasteiger partial charge in [-0.3, -0.25) is 9.18 Å². The van der Waals surface area contributed by atoms with Crippen LogP contribution in [0.1, 0.15) is 63.8 Å². The monoisotopic (exact) mass is 522 g/mol. The molecule has 3 aromatic rings. The van der Waals surface area contributed by atoms with E-state index in [1.54, 1.807) is 6.92 Å². The zero-order valence-electron chi connectivity index (χ0n) is 19.8. The van der Waals surface area contributed by atoms with E-state index in [2.05, 4.69) is 5.32 Å². The first-order valence-electron chi connectivity index (χ1n) is 11.6. The van der Waals surface area contributed by atoms with Crippen LogP contribution in [0.5, 0.6) is 11.5 Å². The van der Waals surface area contributed by atoms with Crippen LogP contribution in [0.25, 0.3) is 0 Å². The lowest BCUT2D eigenvalue weighted by Gasteiger charge is -2.19. The minimum Gasteiger partial charge on any atom is -0.456 e. The Bertz CT molecular complexity index is 1320. The van der Waals surface area contributed by atoms with Gasteiger partial charge in [-0.2, -0.15) is 13.2 Å². The number of carbonyl (C=O) groups is 1. The topological polar surface area (TPSA) is 64.3 Å². The Labute approximate surface area is 209 Å². The molecule has 3 N–H and O–H groups in total. The molecule has 0 saturated heterocycles. The van der Waals surface area contributed by atoms with E-state index in [0.29, 0.717) is 18.4 Å². The number of nitrogens with two attached hydrogens (primary N) is 1. The summed E-state index contributed by atoms with van der Waals surface area (Å²) in [6.07, 6.45) is -3.73. The third-order valence-corrected chi connectivity index (χ3v) is 6.15. The number of amides is 1. The van der Waals surface area contributed by atoms with Crippen LogP contribution in [0.4, 0.5) is 32.0 Å². The predicted molar refractivity (Wildman–Crippen MR) is 127 cm³/mol. The molecule has 1 aliphatic carbocycles. The average molecular weight is 522 g/mol. The third-order valence-electron chi connectivity index (χ3n) is 6.15. The highest BCUT2D eigenvalue weighted by Crippen LogP contribution is 2.48. The lowest BCUT2D eigenvalue weighted by Crippen LogP contribution is -2.18. The first-order valence-corrected chi connectivity index (χ1v) is 11.6. The summed E-state index contributed by atoms with van der Waals surface area (Å²) in [6, 6.07) is 8.06. The molecule has 3 aromatic carbocycles. The fourth-order valence-electron chi connectivity index (χ4n) is 4.06. The molecular formula is C27H24F6N2O2. The second kappa shape index (κ2) is 10.5. The van der Waals surface area contributed by atoms with Gasteiger partial charge in [0.25, 0.3) is 5.91 Å². The number of hydrogen-bond donors (Lipinski definition) is 2. The summed E-state index contributed by atoms with van der Waals surface area (Å²) in [5.41, 5.74) is 4.84. The molecule has 1 fully saturated rings. The van der Waals surface area contributed by atoms with Crippen LogP contribution in [0, 0.1) is 18.6 Å². The molecule has 0 heterocycles. The number of alkyl halides is 4. The Balaban J connectivity index is 1.76. The second-order valence-corrected chi connectivity index (χ2v) is 8.99. The number of rotatable bonds is 8. The number of nitrogens with one attached hydrogen (secondary N) is 1. The number of halogens is 6. The normalized spacial score (nSPS) is 14.4. The quantitative estimate of drug-likeness (QED) is 0.300. The van der Waals surface area contributed by atoms with Crippen molar-refractivity contribution in [1.29, 1.82) is 0 Å². The summed E-state index contributed by atoms with van der Waals surface area (Å²) >= 11 is 0. The van der Waals surface area contributed by atoms with Gasteiger partial charge in [-0.05, 0) is 91.8 Å². The maximum Gasteiger partial charge on any atom is 0.416 e. The van der Waals surface area contributed by atoms with Crippen LogP contribution < -0.4 is 15.8 Å². The Morgan fingerprint density at radius 2 is 1.81 bits per heavy atom. The summed E-state index contributed by atoms with van der Waals surface area (Å²) < 4.78 is 88.1. The molecule has 0 aliphatic heterocycles. The molecule has 4 rings (SSSR count). The van der Waals surface area contributed by atoms with E-state index < -0.39 is 47.6 Å². The standard InChI is InChI=1S/C27H24F6N2O2/c1-14-10-16(29)4-7-24(14)37-25-13-18(15-2-3-15)21(27(31,32)33)12-20(25)26(36)35-17-5-6-22(30)19(11-17)23(34)8-9-28/h4-7,10-13,15,23H,2-3,8-9,34H2,1H3,(H,35,36). The molecule has 1 unspecified atom stereocenters. The third kappa shape index (κ3) is 6.07. The van der Waals surface area contributed by atoms with Gasteiger partial charge in [0.15, 0.2) is 0 Å². The fourth-order valence-corrected chi connectivity index (χ4v) is 4.06. The van der Waals surface area contributed by atoms with Crippen molar-refractivity contribution in [3.63, 3.8) is 0 Å². The minimum atomic E-state index is -4.72. The van der Waals surface area contributed by atoms with Crippen molar-refractivity contribution >= 4 is 11.6 Å². The predicted octanol–water partition coefficient (Wildman–Crippen LogP) is 7.57. The van der Waals surface area contributed by atoms with Crippen molar-refractivity contribution in [1.82, 2.24) is 0 Å². The highest BCUT2D eigenvalue weighted by atomic mass is 19.4. The molecule has 1 atom stereocenters. The summed E-state index contributed by atoms with van der Waals surface area (Å²) in [5, 5.41) is 2.45. The summed E-state index contributed by atoms with van der Waals surface area (Å²) in [7, 11) is 0. The second-order valence-electron chi connectivity index (χ2n) is 8.99. The van der Waals surface area contributed by atoms with Gasteiger partial charge < -0.3 is 15.8 Å². The summed E-state index contributed by atoms with van der Waals surface area (Å²) in [4.78, 5) is 13.2. The van der Waals surface area contributed by atoms with Crippen LogP contribution in [0.15, 0.2) is 48.5 Å². The average Bonchev–Trinajstić information content (AvgIpc) is 3.66. The van der Waals surface area contributed by atoms with Gasteiger partial charge in [-0.1, -0.05) is 0 Å². The molecule has 0 spiro atoms. The lowest BCUT2D eigenvalue weighted by molar-refractivity contribution is -0.138. The highest BCUT2D eigenvalue weighted by molar-refractivity contribution is 6.06. The molecule has 196 valence electrons. The molecule has 0 radical (unpaired) electrons. The zero-order chi connectivity index (χ0) is 26.9. The van der Waals surface area contributed by atoms with Crippen molar-refractivity contribution < 1.29 is 35.9 Å². The van der Waals surface area contributed by atoms with Gasteiger partial charge in [-0.25, -0.2) is 8.78 Å². The first-order chi connectivity index (χ1) is 17.5. The Hall–Kier alpha value is -3.53. The molecule has 0 aromatic heterocycles. The van der Waals surface area contributed by atoms with Gasteiger partial charge >= 0.3 is 6.18 Å².